The van der Waals surface area contributed by atoms with E-state index in [2.05, 4.69) is 11.8 Å². The van der Waals surface area contributed by atoms with Gasteiger partial charge in [-0.1, -0.05) is 26.7 Å². The molecule has 1 saturated carbocycles. The van der Waals surface area contributed by atoms with Crippen molar-refractivity contribution in [1.29, 1.82) is 0 Å². The molecule has 1 N–H and O–H groups in total. The number of carboxylic acid groups (broad SMARTS) is 1. The van der Waals surface area contributed by atoms with Gasteiger partial charge in [-0.15, -0.1) is 0 Å². The van der Waals surface area contributed by atoms with Gasteiger partial charge in [0, 0.05) is 6.04 Å². The molecule has 1 atom stereocenters. The second-order valence-electron chi connectivity index (χ2n) is 4.03. The van der Waals surface area contributed by atoms with Crippen LogP contribution in [-0.4, -0.2) is 34.6 Å². The van der Waals surface area contributed by atoms with Crippen LogP contribution >= 0.6 is 0 Å². The smallest absolute Gasteiger partial charge is 0.320 e. The van der Waals surface area contributed by atoms with E-state index in [1.54, 1.807) is 0 Å². The van der Waals surface area contributed by atoms with Crippen LogP contribution in [0.25, 0.3) is 0 Å². The summed E-state index contributed by atoms with van der Waals surface area (Å²) < 4.78 is 0. The molecule has 0 aromatic heterocycles. The van der Waals surface area contributed by atoms with Gasteiger partial charge in [0.1, 0.15) is 6.04 Å². The topological polar surface area (TPSA) is 40.5 Å². The van der Waals surface area contributed by atoms with E-state index in [1.807, 2.05) is 6.92 Å². The van der Waals surface area contributed by atoms with Crippen LogP contribution in [0.2, 0.25) is 0 Å². The first-order chi connectivity index (χ1) is 6.70. The third-order valence-electron chi connectivity index (χ3n) is 3.23. The number of nitrogens with zero attached hydrogens (tertiary/aromatic N) is 1. The van der Waals surface area contributed by atoms with Crippen molar-refractivity contribution in [3.05, 3.63) is 0 Å². The Kier molecular flexibility index (Phi) is 4.39. The second-order valence-corrected chi connectivity index (χ2v) is 4.03. The number of aliphatic carboxylic acids is 1. The lowest BCUT2D eigenvalue weighted by Gasteiger charge is -2.32. The molecular weight excluding hydrogens is 178 g/mol. The van der Waals surface area contributed by atoms with Gasteiger partial charge in [0.05, 0.1) is 0 Å². The molecule has 1 rings (SSSR count). The molecule has 0 bridgehead atoms. The minimum absolute atomic E-state index is 0.275. The monoisotopic (exact) mass is 199 g/mol. The Morgan fingerprint density at radius 1 is 1.43 bits per heavy atom. The number of hydrogen-bond donors (Lipinski definition) is 1. The predicted octanol–water partition coefficient (Wildman–Crippen LogP) is 2.11. The fourth-order valence-corrected chi connectivity index (χ4v) is 2.52. The van der Waals surface area contributed by atoms with Crippen molar-refractivity contribution in [2.75, 3.05) is 6.54 Å². The Labute approximate surface area is 86.1 Å². The van der Waals surface area contributed by atoms with Crippen LogP contribution in [-0.2, 0) is 4.79 Å². The molecule has 14 heavy (non-hydrogen) atoms. The van der Waals surface area contributed by atoms with E-state index in [1.165, 1.54) is 25.7 Å². The molecular formula is C11H21NO2. The first kappa shape index (κ1) is 11.5. The summed E-state index contributed by atoms with van der Waals surface area (Å²) in [5, 5.41) is 9.09. The summed E-state index contributed by atoms with van der Waals surface area (Å²) in [6, 6.07) is 0.240. The average Bonchev–Trinajstić information content (AvgIpc) is 2.65. The fourth-order valence-electron chi connectivity index (χ4n) is 2.52. The highest BCUT2D eigenvalue weighted by molar-refractivity contribution is 5.73. The Balaban J connectivity index is 2.62. The van der Waals surface area contributed by atoms with Crippen molar-refractivity contribution >= 4 is 5.97 Å². The van der Waals surface area contributed by atoms with Gasteiger partial charge in [0.25, 0.3) is 0 Å². The van der Waals surface area contributed by atoms with Gasteiger partial charge in [-0.05, 0) is 25.8 Å². The Morgan fingerprint density at radius 2 is 2.00 bits per heavy atom. The van der Waals surface area contributed by atoms with Gasteiger partial charge in [-0.25, -0.2) is 0 Å². The van der Waals surface area contributed by atoms with Gasteiger partial charge in [-0.3, -0.25) is 9.69 Å². The van der Waals surface area contributed by atoms with E-state index in [-0.39, 0.29) is 6.04 Å². The zero-order valence-corrected chi connectivity index (χ0v) is 9.20. The van der Waals surface area contributed by atoms with E-state index >= 15 is 0 Å². The minimum atomic E-state index is -0.666. The van der Waals surface area contributed by atoms with E-state index in [4.69, 9.17) is 5.11 Å². The molecule has 0 spiro atoms. The van der Waals surface area contributed by atoms with Crippen LogP contribution in [0.3, 0.4) is 0 Å². The Bertz CT molecular complexity index is 188. The summed E-state index contributed by atoms with van der Waals surface area (Å²) >= 11 is 0. The van der Waals surface area contributed by atoms with Gasteiger partial charge in [-0.2, -0.15) is 0 Å². The van der Waals surface area contributed by atoms with Gasteiger partial charge < -0.3 is 5.11 Å². The molecule has 3 nitrogen and oxygen atoms in total. The highest BCUT2D eigenvalue weighted by Crippen LogP contribution is 2.25. The second kappa shape index (κ2) is 5.35. The van der Waals surface area contributed by atoms with Gasteiger partial charge >= 0.3 is 5.97 Å². The number of hydrogen-bond acceptors (Lipinski definition) is 2. The van der Waals surface area contributed by atoms with Crippen molar-refractivity contribution in [2.24, 2.45) is 0 Å². The molecule has 0 aromatic rings. The van der Waals surface area contributed by atoms with Crippen molar-refractivity contribution < 1.29 is 9.90 Å². The summed E-state index contributed by atoms with van der Waals surface area (Å²) in [6.07, 6.45) is 5.59. The third kappa shape index (κ3) is 2.47. The molecule has 0 amide bonds. The van der Waals surface area contributed by atoms with Crippen LogP contribution in [0.4, 0.5) is 0 Å². The predicted molar refractivity (Wildman–Crippen MR) is 56.4 cm³/mol. The van der Waals surface area contributed by atoms with Gasteiger partial charge in [0.15, 0.2) is 0 Å². The number of carboxylic acids is 1. The van der Waals surface area contributed by atoms with Crippen molar-refractivity contribution in [2.45, 2.75) is 58.0 Å². The van der Waals surface area contributed by atoms with E-state index in [9.17, 15) is 4.79 Å². The Morgan fingerprint density at radius 3 is 2.36 bits per heavy atom. The number of carbonyl (C=O) groups is 1. The normalized spacial score (nSPS) is 20.2. The maximum absolute atomic E-state index is 11.0. The average molecular weight is 199 g/mol. The molecule has 1 aliphatic rings. The van der Waals surface area contributed by atoms with Crippen molar-refractivity contribution in [3.8, 4) is 0 Å². The lowest BCUT2D eigenvalue weighted by molar-refractivity contribution is -0.144. The van der Waals surface area contributed by atoms with E-state index in [0.29, 0.717) is 12.5 Å². The third-order valence-corrected chi connectivity index (χ3v) is 3.23. The highest BCUT2D eigenvalue weighted by Gasteiger charge is 2.30. The van der Waals surface area contributed by atoms with Crippen molar-refractivity contribution in [3.63, 3.8) is 0 Å². The molecule has 3 heteroatoms. The lowest BCUT2D eigenvalue weighted by atomic mass is 10.1. The van der Waals surface area contributed by atoms with Crippen LogP contribution in [0.5, 0.6) is 0 Å². The first-order valence-electron chi connectivity index (χ1n) is 5.69. The number of likely N-dealkylation sites (N-methyl/N-ethyl adjacent to an activating group) is 1. The summed E-state index contributed by atoms with van der Waals surface area (Å²) in [7, 11) is 0. The zero-order valence-electron chi connectivity index (χ0n) is 9.20. The van der Waals surface area contributed by atoms with Crippen LogP contribution in [0, 0.1) is 0 Å². The maximum atomic E-state index is 11.0. The quantitative estimate of drug-likeness (QED) is 0.737. The lowest BCUT2D eigenvalue weighted by Crippen LogP contribution is -2.45. The molecule has 82 valence electrons. The van der Waals surface area contributed by atoms with Gasteiger partial charge in [0.2, 0.25) is 0 Å². The van der Waals surface area contributed by atoms with Crippen LogP contribution in [0.1, 0.15) is 46.0 Å². The molecule has 0 saturated heterocycles. The summed E-state index contributed by atoms with van der Waals surface area (Å²) in [4.78, 5) is 13.2. The standard InChI is InChI=1S/C11H21NO2/c1-3-10(11(13)14)12(4-2)9-7-5-6-8-9/h9-10H,3-8H2,1-2H3,(H,13,14). The molecule has 0 heterocycles. The summed E-state index contributed by atoms with van der Waals surface area (Å²) in [5.41, 5.74) is 0. The molecule has 0 radical (unpaired) electrons. The van der Waals surface area contributed by atoms with Crippen molar-refractivity contribution in [1.82, 2.24) is 4.90 Å². The summed E-state index contributed by atoms with van der Waals surface area (Å²) in [5.74, 6) is -0.666. The maximum Gasteiger partial charge on any atom is 0.320 e. The molecule has 0 aliphatic heterocycles. The molecule has 0 aromatic carbocycles. The molecule has 1 fully saturated rings. The van der Waals surface area contributed by atoms with Crippen LogP contribution < -0.4 is 0 Å². The van der Waals surface area contributed by atoms with E-state index in [0.717, 1.165) is 6.54 Å². The van der Waals surface area contributed by atoms with E-state index < -0.39 is 5.97 Å². The highest BCUT2D eigenvalue weighted by atomic mass is 16.4. The first-order valence-corrected chi connectivity index (χ1v) is 5.69. The summed E-state index contributed by atoms with van der Waals surface area (Å²) in [6.45, 7) is 4.87. The largest absolute Gasteiger partial charge is 0.480 e. The Hall–Kier alpha value is -0.570. The minimum Gasteiger partial charge on any atom is -0.480 e. The zero-order chi connectivity index (χ0) is 10.6. The molecule has 1 unspecified atom stereocenters. The SMILES string of the molecule is CCC(C(=O)O)N(CC)C1CCCC1. The fraction of sp³-hybridized carbons (Fsp3) is 0.909. The van der Waals surface area contributed by atoms with Crippen LogP contribution in [0.15, 0.2) is 0 Å². The number of rotatable bonds is 5. The molecule has 1 aliphatic carbocycles.